The van der Waals surface area contributed by atoms with Crippen molar-refractivity contribution in [2.75, 3.05) is 12.4 Å². The van der Waals surface area contributed by atoms with E-state index in [1.807, 2.05) is 20.8 Å². The number of nitrogens with zero attached hydrogens (tertiary/aromatic N) is 1. The van der Waals surface area contributed by atoms with Crippen LogP contribution in [0.5, 0.6) is 0 Å². The number of halogens is 1. The van der Waals surface area contributed by atoms with Crippen molar-refractivity contribution in [3.05, 3.63) is 0 Å². The van der Waals surface area contributed by atoms with E-state index in [1.165, 1.54) is 0 Å². The number of rotatable bonds is 2. The molecular formula is C13H20ClNO3. The van der Waals surface area contributed by atoms with Crippen LogP contribution in [-0.2, 0) is 9.53 Å². The highest BCUT2D eigenvalue weighted by Crippen LogP contribution is 2.55. The minimum atomic E-state index is -0.537. The zero-order valence-corrected chi connectivity index (χ0v) is 11.9. The molecule has 2 aliphatic rings. The van der Waals surface area contributed by atoms with Crippen LogP contribution < -0.4 is 0 Å². The molecule has 1 amide bonds. The Labute approximate surface area is 113 Å². The molecule has 1 saturated heterocycles. The lowest BCUT2D eigenvalue weighted by molar-refractivity contribution is -0.120. The average molecular weight is 274 g/mol. The summed E-state index contributed by atoms with van der Waals surface area (Å²) >= 11 is 5.62. The highest BCUT2D eigenvalue weighted by molar-refractivity contribution is 6.28. The molecule has 2 rings (SSSR count). The van der Waals surface area contributed by atoms with Gasteiger partial charge in [0.05, 0.1) is 11.9 Å². The number of carbonyl (C=O) groups excluding carboxylic acids is 2. The molecule has 0 N–H and O–H groups in total. The lowest BCUT2D eigenvalue weighted by atomic mass is 10.0. The Morgan fingerprint density at radius 2 is 2.00 bits per heavy atom. The van der Waals surface area contributed by atoms with Crippen molar-refractivity contribution in [3.8, 4) is 0 Å². The molecule has 1 atom stereocenters. The molecule has 18 heavy (non-hydrogen) atoms. The van der Waals surface area contributed by atoms with Gasteiger partial charge in [0.2, 0.25) is 0 Å². The van der Waals surface area contributed by atoms with Gasteiger partial charge in [0, 0.05) is 6.54 Å². The predicted molar refractivity (Wildman–Crippen MR) is 68.7 cm³/mol. The van der Waals surface area contributed by atoms with Gasteiger partial charge in [0.15, 0.2) is 5.78 Å². The van der Waals surface area contributed by atoms with Crippen LogP contribution in [0, 0.1) is 5.41 Å². The number of ketones is 1. The van der Waals surface area contributed by atoms with Crippen LogP contribution in [-0.4, -0.2) is 40.8 Å². The first-order chi connectivity index (χ1) is 8.26. The maximum atomic E-state index is 12.1. The third-order valence-electron chi connectivity index (χ3n) is 3.60. The topological polar surface area (TPSA) is 46.6 Å². The lowest BCUT2D eigenvalue weighted by Gasteiger charge is -2.27. The molecule has 102 valence electrons. The highest BCUT2D eigenvalue weighted by atomic mass is 35.5. The van der Waals surface area contributed by atoms with Gasteiger partial charge in [-0.2, -0.15) is 0 Å². The Morgan fingerprint density at radius 1 is 1.39 bits per heavy atom. The molecule has 1 aliphatic heterocycles. The van der Waals surface area contributed by atoms with E-state index in [-0.39, 0.29) is 23.1 Å². The van der Waals surface area contributed by atoms with Gasteiger partial charge in [0.25, 0.3) is 0 Å². The van der Waals surface area contributed by atoms with E-state index in [9.17, 15) is 9.59 Å². The van der Waals surface area contributed by atoms with Gasteiger partial charge in [-0.3, -0.25) is 9.69 Å². The largest absolute Gasteiger partial charge is 0.444 e. The second-order valence-corrected chi connectivity index (χ2v) is 6.70. The van der Waals surface area contributed by atoms with Gasteiger partial charge >= 0.3 is 6.09 Å². The molecule has 0 aromatic heterocycles. The summed E-state index contributed by atoms with van der Waals surface area (Å²) in [4.78, 5) is 25.5. The van der Waals surface area contributed by atoms with E-state index in [1.54, 1.807) is 4.90 Å². The molecule has 0 bridgehead atoms. The van der Waals surface area contributed by atoms with Gasteiger partial charge in [0.1, 0.15) is 5.60 Å². The van der Waals surface area contributed by atoms with Gasteiger partial charge in [-0.05, 0) is 45.4 Å². The third-order valence-corrected chi connectivity index (χ3v) is 3.86. The molecular weight excluding hydrogens is 254 g/mol. The van der Waals surface area contributed by atoms with Crippen molar-refractivity contribution in [3.63, 3.8) is 0 Å². The molecule has 1 aliphatic carbocycles. The number of carbonyl (C=O) groups is 2. The van der Waals surface area contributed by atoms with Crippen LogP contribution in [0.15, 0.2) is 0 Å². The maximum absolute atomic E-state index is 12.1. The SMILES string of the molecule is CC(C)(C)OC(=O)N1CC2(CC2)C[C@@H]1C(=O)CCl. The van der Waals surface area contributed by atoms with Gasteiger partial charge < -0.3 is 4.74 Å². The van der Waals surface area contributed by atoms with Crippen molar-refractivity contribution in [1.29, 1.82) is 0 Å². The summed E-state index contributed by atoms with van der Waals surface area (Å²) in [6, 6.07) is -0.389. The first kappa shape index (κ1) is 13.7. The highest BCUT2D eigenvalue weighted by Gasteiger charge is 2.55. The minimum absolute atomic E-state index is 0.0416. The minimum Gasteiger partial charge on any atom is -0.444 e. The first-order valence-corrected chi connectivity index (χ1v) is 6.88. The summed E-state index contributed by atoms with van der Waals surface area (Å²) in [6.45, 7) is 6.11. The molecule has 5 heteroatoms. The predicted octanol–water partition coefficient (Wildman–Crippen LogP) is 2.58. The molecule has 0 radical (unpaired) electrons. The fourth-order valence-corrected chi connectivity index (χ4v) is 2.66. The van der Waals surface area contributed by atoms with Crippen LogP contribution in [0.4, 0.5) is 4.79 Å². The van der Waals surface area contributed by atoms with Crippen molar-refractivity contribution in [2.24, 2.45) is 5.41 Å². The Kier molecular flexibility index (Phi) is 3.34. The first-order valence-electron chi connectivity index (χ1n) is 6.35. The number of ether oxygens (including phenoxy) is 1. The number of hydrogen-bond acceptors (Lipinski definition) is 3. The van der Waals surface area contributed by atoms with E-state index in [0.717, 1.165) is 19.3 Å². The van der Waals surface area contributed by atoms with Crippen LogP contribution in [0.1, 0.15) is 40.0 Å². The second kappa shape index (κ2) is 4.41. The Hall–Kier alpha value is -0.770. The van der Waals surface area contributed by atoms with E-state index in [2.05, 4.69) is 0 Å². The van der Waals surface area contributed by atoms with Crippen molar-refractivity contribution < 1.29 is 14.3 Å². The second-order valence-electron chi connectivity index (χ2n) is 6.43. The van der Waals surface area contributed by atoms with Crippen molar-refractivity contribution >= 4 is 23.5 Å². The monoisotopic (exact) mass is 273 g/mol. The number of alkyl halides is 1. The molecule has 0 aromatic carbocycles. The van der Waals surface area contributed by atoms with E-state index in [4.69, 9.17) is 16.3 Å². The van der Waals surface area contributed by atoms with Gasteiger partial charge in [-0.1, -0.05) is 0 Å². The summed E-state index contributed by atoms with van der Waals surface area (Å²) < 4.78 is 5.36. The van der Waals surface area contributed by atoms with Crippen LogP contribution in [0.3, 0.4) is 0 Å². The maximum Gasteiger partial charge on any atom is 0.410 e. The molecule has 2 fully saturated rings. The quantitative estimate of drug-likeness (QED) is 0.727. The molecule has 1 heterocycles. The van der Waals surface area contributed by atoms with Crippen molar-refractivity contribution in [2.45, 2.75) is 51.7 Å². The smallest absolute Gasteiger partial charge is 0.410 e. The van der Waals surface area contributed by atoms with Crippen LogP contribution in [0.2, 0.25) is 0 Å². The summed E-state index contributed by atoms with van der Waals surface area (Å²) in [6.07, 6.45) is 2.55. The summed E-state index contributed by atoms with van der Waals surface area (Å²) in [5.41, 5.74) is -0.367. The van der Waals surface area contributed by atoms with Crippen molar-refractivity contribution in [1.82, 2.24) is 4.90 Å². The Balaban J connectivity index is 2.09. The number of amides is 1. The van der Waals surface area contributed by atoms with Gasteiger partial charge in [-0.15, -0.1) is 11.6 Å². The number of likely N-dealkylation sites (tertiary alicyclic amines) is 1. The Bertz CT molecular complexity index is 371. The number of Topliss-reactive ketones (excluding diaryl/α,β-unsaturated/α-hetero) is 1. The van der Waals surface area contributed by atoms with Crippen LogP contribution in [0.25, 0.3) is 0 Å². The Morgan fingerprint density at radius 3 is 2.44 bits per heavy atom. The molecule has 0 aromatic rings. The standard InChI is InChI=1S/C13H20ClNO3/c1-12(2,3)18-11(17)15-8-13(4-5-13)6-9(15)10(16)7-14/h9H,4-8H2,1-3H3/t9-/m1/s1. The summed E-state index contributed by atoms with van der Waals surface area (Å²) in [5.74, 6) is -0.119. The fraction of sp³-hybridized carbons (Fsp3) is 0.846. The molecule has 4 nitrogen and oxygen atoms in total. The average Bonchev–Trinajstić information content (AvgIpc) is 2.86. The number of hydrogen-bond donors (Lipinski definition) is 0. The fourth-order valence-electron chi connectivity index (χ4n) is 2.48. The normalized spacial score (nSPS) is 25.3. The third kappa shape index (κ3) is 2.79. The molecule has 1 saturated carbocycles. The molecule has 0 unspecified atom stereocenters. The summed E-state index contributed by atoms with van der Waals surface area (Å²) in [7, 11) is 0. The van der Waals surface area contributed by atoms with Crippen LogP contribution >= 0.6 is 11.6 Å². The zero-order chi connectivity index (χ0) is 13.6. The van der Waals surface area contributed by atoms with E-state index < -0.39 is 11.7 Å². The zero-order valence-electron chi connectivity index (χ0n) is 11.2. The van der Waals surface area contributed by atoms with E-state index >= 15 is 0 Å². The lowest BCUT2D eigenvalue weighted by Crippen LogP contribution is -2.43. The molecule has 1 spiro atoms. The van der Waals surface area contributed by atoms with Gasteiger partial charge in [-0.25, -0.2) is 4.79 Å². The van der Waals surface area contributed by atoms with E-state index in [0.29, 0.717) is 6.54 Å². The summed E-state index contributed by atoms with van der Waals surface area (Å²) in [5, 5.41) is 0.